The molecular weight excluding hydrogens is 276 g/mol. The van der Waals surface area contributed by atoms with Crippen LogP contribution < -0.4 is 9.47 Å². The van der Waals surface area contributed by atoms with Crippen LogP contribution in [0.25, 0.3) is 10.8 Å². The van der Waals surface area contributed by atoms with Gasteiger partial charge >= 0.3 is 0 Å². The Hall–Kier alpha value is -2.81. The summed E-state index contributed by atoms with van der Waals surface area (Å²) in [5, 5.41) is 1.98. The van der Waals surface area contributed by atoms with Gasteiger partial charge < -0.3 is 9.47 Å². The van der Waals surface area contributed by atoms with Gasteiger partial charge in [0.1, 0.15) is 11.5 Å². The van der Waals surface area contributed by atoms with Crippen LogP contribution in [0.15, 0.2) is 60.7 Å². The zero-order valence-corrected chi connectivity index (χ0v) is 12.5. The Balaban J connectivity index is 2.10. The second-order valence-corrected chi connectivity index (χ2v) is 4.93. The molecule has 0 radical (unpaired) electrons. The summed E-state index contributed by atoms with van der Waals surface area (Å²) in [5.41, 5.74) is 1.17. The third-order valence-corrected chi connectivity index (χ3v) is 3.68. The van der Waals surface area contributed by atoms with Gasteiger partial charge in [-0.3, -0.25) is 4.79 Å². The fourth-order valence-electron chi connectivity index (χ4n) is 2.54. The van der Waals surface area contributed by atoms with Gasteiger partial charge in [-0.15, -0.1) is 0 Å². The first-order valence-electron chi connectivity index (χ1n) is 6.99. The molecule has 0 N–H and O–H groups in total. The normalized spacial score (nSPS) is 10.5. The highest BCUT2D eigenvalue weighted by atomic mass is 16.5. The fraction of sp³-hybridized carbons (Fsp3) is 0.105. The van der Waals surface area contributed by atoms with E-state index in [1.54, 1.807) is 38.5 Å². The minimum Gasteiger partial charge on any atom is -0.497 e. The zero-order valence-electron chi connectivity index (χ0n) is 12.5. The van der Waals surface area contributed by atoms with Crippen molar-refractivity contribution < 1.29 is 14.3 Å². The molecule has 0 atom stereocenters. The number of fused-ring (bicyclic) bond motifs is 1. The number of ether oxygens (including phenoxy) is 2. The van der Waals surface area contributed by atoms with Crippen molar-refractivity contribution in [1.82, 2.24) is 0 Å². The molecule has 3 heteroatoms. The lowest BCUT2D eigenvalue weighted by atomic mass is 9.98. The molecule has 0 saturated heterocycles. The summed E-state index contributed by atoms with van der Waals surface area (Å²) >= 11 is 0. The van der Waals surface area contributed by atoms with Gasteiger partial charge in [0, 0.05) is 10.9 Å². The molecule has 0 unspecified atom stereocenters. The van der Waals surface area contributed by atoms with E-state index in [9.17, 15) is 4.79 Å². The monoisotopic (exact) mass is 292 g/mol. The van der Waals surface area contributed by atoms with Crippen molar-refractivity contribution in [3.05, 3.63) is 71.8 Å². The summed E-state index contributed by atoms with van der Waals surface area (Å²) < 4.78 is 10.6. The minimum absolute atomic E-state index is 0.0646. The third kappa shape index (κ3) is 2.42. The number of ketones is 1. The number of hydrogen-bond acceptors (Lipinski definition) is 3. The van der Waals surface area contributed by atoms with E-state index in [0.717, 1.165) is 16.5 Å². The number of rotatable bonds is 4. The van der Waals surface area contributed by atoms with Crippen LogP contribution in [0.5, 0.6) is 11.5 Å². The molecule has 0 aliphatic heterocycles. The van der Waals surface area contributed by atoms with Crippen molar-refractivity contribution >= 4 is 16.6 Å². The lowest BCUT2D eigenvalue weighted by molar-refractivity contribution is 0.103. The lowest BCUT2D eigenvalue weighted by Gasteiger charge is -2.11. The first-order valence-corrected chi connectivity index (χ1v) is 6.99. The molecule has 0 bridgehead atoms. The maximum Gasteiger partial charge on any atom is 0.196 e. The average Bonchev–Trinajstić information content (AvgIpc) is 2.60. The summed E-state index contributed by atoms with van der Waals surface area (Å²) in [6.07, 6.45) is 0. The molecule has 3 aromatic rings. The van der Waals surface area contributed by atoms with Crippen LogP contribution in [0.4, 0.5) is 0 Å². The first kappa shape index (κ1) is 14.1. The van der Waals surface area contributed by atoms with Crippen LogP contribution >= 0.6 is 0 Å². The van der Waals surface area contributed by atoms with Gasteiger partial charge in [-0.25, -0.2) is 0 Å². The van der Waals surface area contributed by atoms with Crippen molar-refractivity contribution in [3.63, 3.8) is 0 Å². The van der Waals surface area contributed by atoms with Crippen molar-refractivity contribution in [1.29, 1.82) is 0 Å². The van der Waals surface area contributed by atoms with Gasteiger partial charge in [-0.05, 0) is 35.7 Å². The van der Waals surface area contributed by atoms with E-state index in [1.807, 2.05) is 36.4 Å². The molecule has 0 aliphatic carbocycles. The maximum atomic E-state index is 12.7. The summed E-state index contributed by atoms with van der Waals surface area (Å²) in [5.74, 6) is 1.27. The molecule has 110 valence electrons. The van der Waals surface area contributed by atoms with Gasteiger partial charge in [0.25, 0.3) is 0 Å². The van der Waals surface area contributed by atoms with E-state index in [4.69, 9.17) is 9.47 Å². The summed E-state index contributed by atoms with van der Waals surface area (Å²) in [6, 6.07) is 18.7. The van der Waals surface area contributed by atoms with E-state index in [1.165, 1.54) is 0 Å². The highest BCUT2D eigenvalue weighted by Crippen LogP contribution is 2.31. The van der Waals surface area contributed by atoms with Crippen molar-refractivity contribution in [3.8, 4) is 11.5 Å². The quantitative estimate of drug-likeness (QED) is 0.679. The van der Waals surface area contributed by atoms with E-state index >= 15 is 0 Å². The predicted octanol–water partition coefficient (Wildman–Crippen LogP) is 4.09. The molecule has 0 spiro atoms. The van der Waals surface area contributed by atoms with Crippen LogP contribution in [0.2, 0.25) is 0 Å². The Morgan fingerprint density at radius 2 is 1.55 bits per heavy atom. The van der Waals surface area contributed by atoms with Gasteiger partial charge in [0.05, 0.1) is 19.8 Å². The Kier molecular flexibility index (Phi) is 3.79. The van der Waals surface area contributed by atoms with Gasteiger partial charge in [-0.2, -0.15) is 0 Å². The first-order chi connectivity index (χ1) is 10.7. The summed E-state index contributed by atoms with van der Waals surface area (Å²) in [6.45, 7) is 0. The van der Waals surface area contributed by atoms with Crippen LogP contribution in [0.3, 0.4) is 0 Å². The summed E-state index contributed by atoms with van der Waals surface area (Å²) in [4.78, 5) is 12.7. The topological polar surface area (TPSA) is 35.5 Å². The van der Waals surface area contributed by atoms with E-state index in [0.29, 0.717) is 16.9 Å². The number of carbonyl (C=O) groups excluding carboxylic acids is 1. The number of methoxy groups -OCH3 is 2. The molecule has 3 nitrogen and oxygen atoms in total. The standard InChI is InChI=1S/C19H16O3/c1-21-15-10-7-14(8-11-15)18(20)17-12-9-13-5-3-4-6-16(13)19(17)22-2/h3-12H,1-2H3. The SMILES string of the molecule is COc1ccc(C(=O)c2ccc3ccccc3c2OC)cc1. The fourth-order valence-corrected chi connectivity index (χ4v) is 2.54. The molecule has 0 amide bonds. The van der Waals surface area contributed by atoms with Crippen molar-refractivity contribution in [2.45, 2.75) is 0 Å². The number of benzene rings is 3. The van der Waals surface area contributed by atoms with Gasteiger partial charge in [0.2, 0.25) is 0 Å². The largest absolute Gasteiger partial charge is 0.497 e. The van der Waals surface area contributed by atoms with Crippen molar-refractivity contribution in [2.24, 2.45) is 0 Å². The summed E-state index contributed by atoms with van der Waals surface area (Å²) in [7, 11) is 3.19. The molecule has 3 aromatic carbocycles. The number of carbonyl (C=O) groups is 1. The third-order valence-electron chi connectivity index (χ3n) is 3.68. The Morgan fingerprint density at radius 3 is 2.23 bits per heavy atom. The maximum absolute atomic E-state index is 12.7. The van der Waals surface area contributed by atoms with Crippen LogP contribution in [0.1, 0.15) is 15.9 Å². The van der Waals surface area contributed by atoms with Crippen LogP contribution in [-0.2, 0) is 0 Å². The second-order valence-electron chi connectivity index (χ2n) is 4.93. The lowest BCUT2D eigenvalue weighted by Crippen LogP contribution is -2.04. The molecular formula is C19H16O3. The molecule has 3 rings (SSSR count). The molecule has 0 fully saturated rings. The van der Waals surface area contributed by atoms with Gasteiger partial charge in [0.15, 0.2) is 5.78 Å². The smallest absolute Gasteiger partial charge is 0.196 e. The average molecular weight is 292 g/mol. The molecule has 0 aromatic heterocycles. The zero-order chi connectivity index (χ0) is 15.5. The second kappa shape index (κ2) is 5.90. The van der Waals surface area contributed by atoms with Gasteiger partial charge in [-0.1, -0.05) is 30.3 Å². The molecule has 0 aliphatic rings. The Labute approximate surface area is 129 Å². The highest BCUT2D eigenvalue weighted by molar-refractivity contribution is 6.13. The predicted molar refractivity (Wildman–Crippen MR) is 86.9 cm³/mol. The highest BCUT2D eigenvalue weighted by Gasteiger charge is 2.16. The molecule has 0 saturated carbocycles. The number of hydrogen-bond donors (Lipinski definition) is 0. The molecule has 0 heterocycles. The minimum atomic E-state index is -0.0646. The molecule has 22 heavy (non-hydrogen) atoms. The van der Waals surface area contributed by atoms with E-state index in [-0.39, 0.29) is 5.78 Å². The van der Waals surface area contributed by atoms with Crippen LogP contribution in [-0.4, -0.2) is 20.0 Å². The Morgan fingerprint density at radius 1 is 0.818 bits per heavy atom. The van der Waals surface area contributed by atoms with E-state index in [2.05, 4.69) is 0 Å². The van der Waals surface area contributed by atoms with Crippen molar-refractivity contribution in [2.75, 3.05) is 14.2 Å². The van der Waals surface area contributed by atoms with E-state index < -0.39 is 0 Å². The Bertz CT molecular complexity index is 820. The van der Waals surface area contributed by atoms with Crippen LogP contribution in [0, 0.1) is 0 Å².